The zero-order chi connectivity index (χ0) is 15.6. The molecule has 0 unspecified atom stereocenters. The van der Waals surface area contributed by atoms with Crippen LogP contribution in [-0.4, -0.2) is 36.7 Å². The summed E-state index contributed by atoms with van der Waals surface area (Å²) in [5, 5.41) is 5.25. The van der Waals surface area contributed by atoms with E-state index >= 15 is 0 Å². The lowest BCUT2D eigenvalue weighted by molar-refractivity contribution is -0.122. The fourth-order valence-electron chi connectivity index (χ4n) is 1.57. The first-order valence-corrected chi connectivity index (χ1v) is 7.27. The van der Waals surface area contributed by atoms with E-state index in [1.54, 1.807) is 20.8 Å². The molecular formula is C14H29N3O3. The molecule has 0 bridgehead atoms. The first-order chi connectivity index (χ1) is 9.30. The Bertz CT molecular complexity index is 301. The topological polar surface area (TPSA) is 93.5 Å². The molecule has 0 saturated carbocycles. The van der Waals surface area contributed by atoms with Gasteiger partial charge in [-0.3, -0.25) is 4.79 Å². The van der Waals surface area contributed by atoms with E-state index in [1.807, 2.05) is 0 Å². The van der Waals surface area contributed by atoms with Crippen molar-refractivity contribution in [2.24, 2.45) is 5.73 Å². The van der Waals surface area contributed by atoms with Crippen molar-refractivity contribution >= 4 is 12.0 Å². The molecule has 0 aliphatic heterocycles. The van der Waals surface area contributed by atoms with E-state index in [4.69, 9.17) is 10.5 Å². The highest BCUT2D eigenvalue weighted by molar-refractivity contribution is 5.85. The molecule has 0 aromatic heterocycles. The van der Waals surface area contributed by atoms with Gasteiger partial charge in [-0.25, -0.2) is 4.79 Å². The fourth-order valence-corrected chi connectivity index (χ4v) is 1.57. The minimum atomic E-state index is -0.754. The fraction of sp³-hybridized carbons (Fsp3) is 0.857. The molecule has 118 valence electrons. The molecular weight excluding hydrogens is 258 g/mol. The first kappa shape index (κ1) is 18.7. The largest absolute Gasteiger partial charge is 0.444 e. The molecule has 0 aliphatic rings. The number of hydrogen-bond donors (Lipinski definition) is 3. The highest BCUT2D eigenvalue weighted by Crippen LogP contribution is 2.06. The van der Waals surface area contributed by atoms with Gasteiger partial charge in [-0.15, -0.1) is 0 Å². The third-order valence-electron chi connectivity index (χ3n) is 2.57. The summed E-state index contributed by atoms with van der Waals surface area (Å²) >= 11 is 0. The maximum Gasteiger partial charge on any atom is 0.408 e. The van der Waals surface area contributed by atoms with Crippen molar-refractivity contribution in [3.8, 4) is 0 Å². The highest BCUT2D eigenvalue weighted by atomic mass is 16.6. The highest BCUT2D eigenvalue weighted by Gasteiger charge is 2.22. The average Bonchev–Trinajstić information content (AvgIpc) is 2.33. The number of carbonyl (C=O) groups excluding carboxylic acids is 2. The average molecular weight is 287 g/mol. The second kappa shape index (κ2) is 9.58. The zero-order valence-corrected chi connectivity index (χ0v) is 13.1. The summed E-state index contributed by atoms with van der Waals surface area (Å²) in [4.78, 5) is 23.4. The molecule has 0 aliphatic carbocycles. The molecule has 0 radical (unpaired) electrons. The zero-order valence-electron chi connectivity index (χ0n) is 13.1. The Morgan fingerprint density at radius 3 is 2.35 bits per heavy atom. The van der Waals surface area contributed by atoms with Crippen LogP contribution < -0.4 is 16.4 Å². The molecule has 0 aromatic rings. The number of rotatable bonds is 8. The second-order valence-electron chi connectivity index (χ2n) is 5.79. The number of ether oxygens (including phenoxy) is 1. The van der Waals surface area contributed by atoms with Crippen LogP contribution in [0.25, 0.3) is 0 Å². The van der Waals surface area contributed by atoms with Crippen molar-refractivity contribution in [1.82, 2.24) is 10.6 Å². The van der Waals surface area contributed by atoms with Gasteiger partial charge < -0.3 is 21.1 Å². The Morgan fingerprint density at radius 1 is 1.20 bits per heavy atom. The van der Waals surface area contributed by atoms with Crippen molar-refractivity contribution in [3.63, 3.8) is 0 Å². The second-order valence-corrected chi connectivity index (χ2v) is 5.79. The minimum absolute atomic E-state index is 0.0417. The summed E-state index contributed by atoms with van der Waals surface area (Å²) in [5.41, 5.74) is 4.91. The maximum absolute atomic E-state index is 11.8. The van der Waals surface area contributed by atoms with Gasteiger partial charge in [0.25, 0.3) is 0 Å². The van der Waals surface area contributed by atoms with Gasteiger partial charge in [0.05, 0.1) is 0 Å². The van der Waals surface area contributed by atoms with Gasteiger partial charge in [0.1, 0.15) is 11.6 Å². The van der Waals surface area contributed by atoms with Crippen LogP contribution in [0.1, 0.15) is 53.4 Å². The third-order valence-corrected chi connectivity index (χ3v) is 2.57. The lowest BCUT2D eigenvalue weighted by atomic mass is 10.2. The van der Waals surface area contributed by atoms with E-state index in [-0.39, 0.29) is 12.5 Å². The molecule has 0 aromatic carbocycles. The summed E-state index contributed by atoms with van der Waals surface area (Å²) in [6, 6.07) is -0.754. The number of hydrogen-bond acceptors (Lipinski definition) is 4. The normalized spacial score (nSPS) is 12.7. The van der Waals surface area contributed by atoms with E-state index in [2.05, 4.69) is 17.6 Å². The monoisotopic (exact) mass is 287 g/mol. The Morgan fingerprint density at radius 2 is 1.85 bits per heavy atom. The Labute approximate surface area is 121 Å². The Kier molecular flexibility index (Phi) is 8.96. The van der Waals surface area contributed by atoms with Gasteiger partial charge in [-0.1, -0.05) is 26.2 Å². The molecule has 4 N–H and O–H groups in total. The molecule has 0 saturated heterocycles. The number of unbranched alkanes of at least 4 members (excludes halogenated alkanes) is 3. The van der Waals surface area contributed by atoms with Crippen molar-refractivity contribution in [2.75, 3.05) is 13.1 Å². The van der Waals surface area contributed by atoms with Crippen LogP contribution in [-0.2, 0) is 9.53 Å². The van der Waals surface area contributed by atoms with Crippen molar-refractivity contribution in [3.05, 3.63) is 0 Å². The molecule has 6 heteroatoms. The predicted molar refractivity (Wildman–Crippen MR) is 79.4 cm³/mol. The van der Waals surface area contributed by atoms with Crippen LogP contribution in [0.4, 0.5) is 4.79 Å². The molecule has 0 spiro atoms. The summed E-state index contributed by atoms with van der Waals surface area (Å²) in [6.45, 7) is 8.06. The molecule has 0 heterocycles. The van der Waals surface area contributed by atoms with E-state index in [9.17, 15) is 9.59 Å². The number of nitrogens with one attached hydrogen (secondary N) is 2. The maximum atomic E-state index is 11.8. The van der Waals surface area contributed by atoms with Crippen LogP contribution in [0.2, 0.25) is 0 Å². The smallest absolute Gasteiger partial charge is 0.408 e. The van der Waals surface area contributed by atoms with Crippen molar-refractivity contribution < 1.29 is 14.3 Å². The molecule has 6 nitrogen and oxygen atoms in total. The van der Waals surface area contributed by atoms with Gasteiger partial charge in [0, 0.05) is 13.1 Å². The summed E-state index contributed by atoms with van der Waals surface area (Å²) in [5.74, 6) is -0.269. The molecule has 2 amide bonds. The van der Waals surface area contributed by atoms with Crippen LogP contribution in [0.5, 0.6) is 0 Å². The standard InChI is InChI=1S/C14H29N3O3/c1-5-6-7-8-9-16-12(18)11(10-15)17-13(19)20-14(2,3)4/h11H,5-10,15H2,1-4H3,(H,16,18)(H,17,19)/t11-/m1/s1. The van der Waals surface area contributed by atoms with Crippen molar-refractivity contribution in [2.45, 2.75) is 65.0 Å². The number of alkyl carbamates (subject to hydrolysis) is 1. The van der Waals surface area contributed by atoms with E-state index in [0.29, 0.717) is 6.54 Å². The SMILES string of the molecule is CCCCCCNC(=O)[C@@H](CN)NC(=O)OC(C)(C)C. The molecule has 0 fully saturated rings. The number of amides is 2. The summed E-state index contributed by atoms with van der Waals surface area (Å²) in [7, 11) is 0. The van der Waals surface area contributed by atoms with Gasteiger partial charge in [-0.2, -0.15) is 0 Å². The lowest BCUT2D eigenvalue weighted by Crippen LogP contribution is -2.52. The number of carbonyl (C=O) groups is 2. The molecule has 1 atom stereocenters. The van der Waals surface area contributed by atoms with Crippen LogP contribution in [0.15, 0.2) is 0 Å². The van der Waals surface area contributed by atoms with E-state index in [1.165, 1.54) is 0 Å². The van der Waals surface area contributed by atoms with Crippen LogP contribution >= 0.6 is 0 Å². The molecule has 0 rings (SSSR count). The summed E-state index contributed by atoms with van der Waals surface area (Å²) in [6.07, 6.45) is 3.70. The van der Waals surface area contributed by atoms with E-state index in [0.717, 1.165) is 25.7 Å². The lowest BCUT2D eigenvalue weighted by Gasteiger charge is -2.22. The van der Waals surface area contributed by atoms with Gasteiger partial charge in [0.2, 0.25) is 5.91 Å². The first-order valence-electron chi connectivity index (χ1n) is 7.27. The van der Waals surface area contributed by atoms with E-state index < -0.39 is 17.7 Å². The third kappa shape index (κ3) is 9.61. The van der Waals surface area contributed by atoms with Gasteiger partial charge in [0.15, 0.2) is 0 Å². The van der Waals surface area contributed by atoms with Crippen LogP contribution in [0.3, 0.4) is 0 Å². The predicted octanol–water partition coefficient (Wildman–Crippen LogP) is 1.53. The van der Waals surface area contributed by atoms with Crippen molar-refractivity contribution in [1.29, 1.82) is 0 Å². The van der Waals surface area contributed by atoms with Crippen LogP contribution in [0, 0.1) is 0 Å². The quantitative estimate of drug-likeness (QED) is 0.590. The molecule has 20 heavy (non-hydrogen) atoms. The van der Waals surface area contributed by atoms with Gasteiger partial charge in [-0.05, 0) is 27.2 Å². The Balaban J connectivity index is 4.05. The minimum Gasteiger partial charge on any atom is -0.444 e. The Hall–Kier alpha value is -1.30. The van der Waals surface area contributed by atoms with Gasteiger partial charge >= 0.3 is 6.09 Å². The number of nitrogens with two attached hydrogens (primary N) is 1. The summed E-state index contributed by atoms with van der Waals surface area (Å²) < 4.78 is 5.09.